The molecule has 4 atom stereocenters. The van der Waals surface area contributed by atoms with Gasteiger partial charge in [0.2, 0.25) is 0 Å². The summed E-state index contributed by atoms with van der Waals surface area (Å²) in [6.07, 6.45) is -2.78. The molecule has 1 aromatic rings. The van der Waals surface area contributed by atoms with Gasteiger partial charge in [0.15, 0.2) is 11.0 Å². The zero-order valence-electron chi connectivity index (χ0n) is 9.61. The van der Waals surface area contributed by atoms with Crippen molar-refractivity contribution in [1.82, 2.24) is 9.55 Å². The van der Waals surface area contributed by atoms with E-state index < -0.39 is 31.1 Å². The Labute approximate surface area is 107 Å². The standard InChI is InChI=1S/C10H14N2O5S/c1-4-2-12(10(18)11-8(4)16)9-7(15)6(14)5(3-13)17-9/h2,5-7,9,13-15H,3H2,1H3,(H,11,16,18)/t5-,6+,7+,9-/m1/s1. The largest absolute Gasteiger partial charge is 0.394 e. The number of aliphatic hydroxyl groups excluding tert-OH is 3. The van der Waals surface area contributed by atoms with Crippen LogP contribution in [-0.2, 0) is 4.74 Å². The first kappa shape index (κ1) is 13.4. The lowest BCUT2D eigenvalue weighted by Gasteiger charge is -2.18. The zero-order valence-corrected chi connectivity index (χ0v) is 10.4. The molecule has 0 unspecified atom stereocenters. The Morgan fingerprint density at radius 3 is 2.72 bits per heavy atom. The molecule has 0 aromatic carbocycles. The Morgan fingerprint density at radius 1 is 1.50 bits per heavy atom. The van der Waals surface area contributed by atoms with Gasteiger partial charge in [0.25, 0.3) is 5.56 Å². The minimum Gasteiger partial charge on any atom is -0.394 e. The molecule has 1 fully saturated rings. The molecular weight excluding hydrogens is 260 g/mol. The van der Waals surface area contributed by atoms with E-state index in [1.807, 2.05) is 0 Å². The Kier molecular flexibility index (Phi) is 3.64. The smallest absolute Gasteiger partial charge is 0.254 e. The van der Waals surface area contributed by atoms with Crippen LogP contribution in [0.4, 0.5) is 0 Å². The number of aliphatic hydroxyl groups is 3. The van der Waals surface area contributed by atoms with Crippen molar-refractivity contribution < 1.29 is 20.1 Å². The third-order valence-electron chi connectivity index (χ3n) is 2.94. The maximum Gasteiger partial charge on any atom is 0.254 e. The van der Waals surface area contributed by atoms with Crippen molar-refractivity contribution in [1.29, 1.82) is 0 Å². The Morgan fingerprint density at radius 2 is 2.17 bits per heavy atom. The molecule has 4 N–H and O–H groups in total. The van der Waals surface area contributed by atoms with Crippen LogP contribution in [-0.4, -0.2) is 49.8 Å². The van der Waals surface area contributed by atoms with Crippen LogP contribution in [0.1, 0.15) is 11.8 Å². The summed E-state index contributed by atoms with van der Waals surface area (Å²) in [5, 5.41) is 28.5. The van der Waals surface area contributed by atoms with Gasteiger partial charge in [-0.2, -0.15) is 0 Å². The second kappa shape index (κ2) is 4.90. The monoisotopic (exact) mass is 274 g/mol. The number of ether oxygens (including phenoxy) is 1. The van der Waals surface area contributed by atoms with Crippen LogP contribution >= 0.6 is 12.2 Å². The number of rotatable bonds is 2. The normalized spacial score (nSPS) is 31.8. The fourth-order valence-electron chi connectivity index (χ4n) is 1.88. The van der Waals surface area contributed by atoms with Crippen molar-refractivity contribution in [2.75, 3.05) is 6.61 Å². The first-order chi connectivity index (χ1) is 8.45. The second-order valence-corrected chi connectivity index (χ2v) is 4.59. The molecule has 2 heterocycles. The van der Waals surface area contributed by atoms with Crippen LogP contribution in [0.25, 0.3) is 0 Å². The molecule has 18 heavy (non-hydrogen) atoms. The molecule has 0 aliphatic carbocycles. The summed E-state index contributed by atoms with van der Waals surface area (Å²) < 4.78 is 6.76. The summed E-state index contributed by atoms with van der Waals surface area (Å²) in [4.78, 5) is 13.8. The summed E-state index contributed by atoms with van der Waals surface area (Å²) in [6, 6.07) is 0. The van der Waals surface area contributed by atoms with E-state index in [0.29, 0.717) is 5.56 Å². The summed E-state index contributed by atoms with van der Waals surface area (Å²) in [7, 11) is 0. The number of H-pyrrole nitrogens is 1. The van der Waals surface area contributed by atoms with E-state index in [2.05, 4.69) is 4.98 Å². The van der Waals surface area contributed by atoms with E-state index in [9.17, 15) is 15.0 Å². The van der Waals surface area contributed by atoms with Crippen molar-refractivity contribution in [2.24, 2.45) is 0 Å². The van der Waals surface area contributed by atoms with Crippen LogP contribution < -0.4 is 5.56 Å². The lowest BCUT2D eigenvalue weighted by molar-refractivity contribution is -0.0542. The predicted molar refractivity (Wildman–Crippen MR) is 63.6 cm³/mol. The summed E-state index contributed by atoms with van der Waals surface area (Å²) >= 11 is 4.97. The van der Waals surface area contributed by atoms with Gasteiger partial charge in [-0.1, -0.05) is 0 Å². The van der Waals surface area contributed by atoms with E-state index >= 15 is 0 Å². The fourth-order valence-corrected chi connectivity index (χ4v) is 2.13. The molecule has 0 saturated carbocycles. The van der Waals surface area contributed by atoms with Gasteiger partial charge in [0, 0.05) is 11.8 Å². The molecule has 1 saturated heterocycles. The van der Waals surface area contributed by atoms with Crippen molar-refractivity contribution in [3.63, 3.8) is 0 Å². The molecule has 1 aliphatic heterocycles. The minimum atomic E-state index is -1.22. The van der Waals surface area contributed by atoms with Crippen LogP contribution in [0.3, 0.4) is 0 Å². The topological polar surface area (TPSA) is 108 Å². The van der Waals surface area contributed by atoms with Gasteiger partial charge in [-0.15, -0.1) is 0 Å². The lowest BCUT2D eigenvalue weighted by atomic mass is 10.1. The Balaban J connectivity index is 2.42. The molecule has 8 heteroatoms. The highest BCUT2D eigenvalue weighted by atomic mass is 32.1. The number of aryl methyl sites for hydroxylation is 1. The van der Waals surface area contributed by atoms with Crippen LogP contribution in [0.2, 0.25) is 0 Å². The maximum absolute atomic E-state index is 11.3. The molecule has 2 rings (SSSR count). The second-order valence-electron chi connectivity index (χ2n) is 4.21. The van der Waals surface area contributed by atoms with Crippen molar-refractivity contribution >= 4 is 12.2 Å². The van der Waals surface area contributed by atoms with E-state index in [0.717, 1.165) is 0 Å². The first-order valence-electron chi connectivity index (χ1n) is 5.40. The minimum absolute atomic E-state index is 0.0837. The van der Waals surface area contributed by atoms with Crippen LogP contribution in [0, 0.1) is 11.7 Å². The van der Waals surface area contributed by atoms with E-state index in [4.69, 9.17) is 22.1 Å². The van der Waals surface area contributed by atoms with Gasteiger partial charge in [0.1, 0.15) is 18.3 Å². The third kappa shape index (κ3) is 2.13. The maximum atomic E-state index is 11.3. The fraction of sp³-hybridized carbons (Fsp3) is 0.600. The number of nitrogens with zero attached hydrogens (tertiary/aromatic N) is 1. The number of aromatic amines is 1. The number of aromatic nitrogens is 2. The van der Waals surface area contributed by atoms with Gasteiger partial charge in [-0.05, 0) is 19.1 Å². The lowest BCUT2D eigenvalue weighted by Crippen LogP contribution is -2.33. The zero-order chi connectivity index (χ0) is 13.4. The summed E-state index contributed by atoms with van der Waals surface area (Å²) in [5.74, 6) is 0. The van der Waals surface area contributed by atoms with E-state index in [-0.39, 0.29) is 10.3 Å². The highest BCUT2D eigenvalue weighted by Crippen LogP contribution is 2.29. The van der Waals surface area contributed by atoms with Gasteiger partial charge in [0.05, 0.1) is 6.61 Å². The van der Waals surface area contributed by atoms with E-state index in [1.54, 1.807) is 6.92 Å². The summed E-state index contributed by atoms with van der Waals surface area (Å²) in [5.41, 5.74) is 0.0873. The van der Waals surface area contributed by atoms with Gasteiger partial charge in [-0.3, -0.25) is 14.3 Å². The number of hydrogen-bond acceptors (Lipinski definition) is 6. The molecule has 0 spiro atoms. The molecular formula is C10H14N2O5S. The SMILES string of the molecule is Cc1cn([C@@H]2O[C@H](CO)[C@H](O)[C@@H]2O)c(=S)[nH]c1=O. The van der Waals surface area contributed by atoms with Crippen molar-refractivity contribution in [2.45, 2.75) is 31.5 Å². The van der Waals surface area contributed by atoms with Crippen molar-refractivity contribution in [3.05, 3.63) is 26.9 Å². The molecule has 1 aliphatic rings. The highest BCUT2D eigenvalue weighted by Gasteiger charge is 2.43. The Bertz CT molecular complexity index is 554. The molecule has 1 aromatic heterocycles. The molecule has 7 nitrogen and oxygen atoms in total. The van der Waals surface area contributed by atoms with Gasteiger partial charge in [-0.25, -0.2) is 0 Å². The molecule has 100 valence electrons. The van der Waals surface area contributed by atoms with E-state index in [1.165, 1.54) is 10.8 Å². The molecule has 0 amide bonds. The van der Waals surface area contributed by atoms with Crippen LogP contribution in [0.15, 0.2) is 11.0 Å². The Hall–Kier alpha value is -1.06. The highest BCUT2D eigenvalue weighted by molar-refractivity contribution is 7.71. The first-order valence-corrected chi connectivity index (χ1v) is 5.81. The molecule has 0 radical (unpaired) electrons. The average Bonchev–Trinajstić information content (AvgIpc) is 2.61. The third-order valence-corrected chi connectivity index (χ3v) is 3.25. The summed E-state index contributed by atoms with van der Waals surface area (Å²) in [6.45, 7) is 1.18. The number of nitrogens with one attached hydrogen (secondary N) is 1. The predicted octanol–water partition coefficient (Wildman–Crippen LogP) is -1.17. The van der Waals surface area contributed by atoms with Crippen LogP contribution in [0.5, 0.6) is 0 Å². The van der Waals surface area contributed by atoms with Gasteiger partial charge < -0.3 is 20.1 Å². The number of hydrogen-bond donors (Lipinski definition) is 4. The quantitative estimate of drug-likeness (QED) is 0.506. The van der Waals surface area contributed by atoms with Crippen molar-refractivity contribution in [3.8, 4) is 0 Å². The average molecular weight is 274 g/mol. The molecule has 0 bridgehead atoms. The van der Waals surface area contributed by atoms with Gasteiger partial charge >= 0.3 is 0 Å².